The van der Waals surface area contributed by atoms with E-state index in [9.17, 15) is 13.5 Å². The highest BCUT2D eigenvalue weighted by atomic mass is 32.2. The van der Waals surface area contributed by atoms with Gasteiger partial charge >= 0.3 is 0 Å². The summed E-state index contributed by atoms with van der Waals surface area (Å²) in [5, 5.41) is 12.6. The Balaban J connectivity index is 2.46. The van der Waals surface area contributed by atoms with Crippen molar-refractivity contribution in [3.8, 4) is 0 Å². The van der Waals surface area contributed by atoms with E-state index in [0.717, 1.165) is 17.1 Å². The lowest BCUT2D eigenvalue weighted by atomic mass is 10.2. The number of rotatable bonds is 8. The fourth-order valence-electron chi connectivity index (χ4n) is 1.80. The SMILES string of the molecule is CC(C)NC(CO)CCSc1ccc(S(C)(=O)=O)cc1. The topological polar surface area (TPSA) is 66.4 Å². The molecule has 2 N–H and O–H groups in total. The van der Waals surface area contributed by atoms with Crippen LogP contribution in [0.4, 0.5) is 0 Å². The molecule has 0 heterocycles. The van der Waals surface area contributed by atoms with Gasteiger partial charge in [0.1, 0.15) is 0 Å². The molecule has 20 heavy (non-hydrogen) atoms. The van der Waals surface area contributed by atoms with Gasteiger partial charge in [-0.15, -0.1) is 11.8 Å². The molecule has 0 spiro atoms. The predicted molar refractivity (Wildman–Crippen MR) is 84.0 cm³/mol. The highest BCUT2D eigenvalue weighted by molar-refractivity contribution is 7.99. The minimum Gasteiger partial charge on any atom is -0.395 e. The fourth-order valence-corrected chi connectivity index (χ4v) is 3.40. The molecule has 0 radical (unpaired) electrons. The maximum atomic E-state index is 11.3. The molecule has 0 aromatic heterocycles. The predicted octanol–water partition coefficient (Wildman–Crippen LogP) is 1.93. The molecule has 0 saturated carbocycles. The van der Waals surface area contributed by atoms with E-state index in [2.05, 4.69) is 19.2 Å². The molecule has 0 saturated heterocycles. The highest BCUT2D eigenvalue weighted by Gasteiger charge is 2.09. The Morgan fingerprint density at radius 2 is 1.85 bits per heavy atom. The van der Waals surface area contributed by atoms with E-state index in [1.165, 1.54) is 6.26 Å². The van der Waals surface area contributed by atoms with Crippen LogP contribution >= 0.6 is 11.8 Å². The lowest BCUT2D eigenvalue weighted by molar-refractivity contribution is 0.232. The summed E-state index contributed by atoms with van der Waals surface area (Å²) in [6, 6.07) is 7.38. The minimum atomic E-state index is -3.12. The minimum absolute atomic E-state index is 0.109. The molecule has 1 unspecified atom stereocenters. The first-order chi connectivity index (χ1) is 9.32. The average molecular weight is 317 g/mol. The van der Waals surface area contributed by atoms with Gasteiger partial charge in [0.25, 0.3) is 0 Å². The molecule has 0 bridgehead atoms. The number of sulfone groups is 1. The van der Waals surface area contributed by atoms with Gasteiger partial charge in [-0.05, 0) is 36.4 Å². The van der Waals surface area contributed by atoms with E-state index in [-0.39, 0.29) is 12.6 Å². The summed E-state index contributed by atoms with van der Waals surface area (Å²) in [6.07, 6.45) is 2.08. The maximum absolute atomic E-state index is 11.3. The molecule has 1 rings (SSSR count). The first-order valence-electron chi connectivity index (χ1n) is 6.62. The lowest BCUT2D eigenvalue weighted by Gasteiger charge is -2.18. The van der Waals surface area contributed by atoms with Crippen LogP contribution in [-0.2, 0) is 9.84 Å². The van der Waals surface area contributed by atoms with Crippen molar-refractivity contribution >= 4 is 21.6 Å². The van der Waals surface area contributed by atoms with Gasteiger partial charge in [-0.3, -0.25) is 0 Å². The summed E-state index contributed by atoms with van der Waals surface area (Å²) in [5.74, 6) is 0.878. The first kappa shape index (κ1) is 17.5. The lowest BCUT2D eigenvalue weighted by Crippen LogP contribution is -2.37. The number of hydrogen-bond acceptors (Lipinski definition) is 5. The maximum Gasteiger partial charge on any atom is 0.175 e. The molecule has 1 aromatic rings. The third-order valence-corrected chi connectivity index (χ3v) is 4.95. The van der Waals surface area contributed by atoms with Crippen LogP contribution in [0.15, 0.2) is 34.1 Å². The second kappa shape index (κ2) is 8.02. The Morgan fingerprint density at radius 1 is 1.25 bits per heavy atom. The molecule has 0 fully saturated rings. The summed E-state index contributed by atoms with van der Waals surface area (Å²) in [5.41, 5.74) is 0. The van der Waals surface area contributed by atoms with Crippen molar-refractivity contribution in [2.24, 2.45) is 0 Å². The monoisotopic (exact) mass is 317 g/mol. The summed E-state index contributed by atoms with van der Waals surface area (Å²) in [7, 11) is -3.12. The number of aliphatic hydroxyl groups is 1. The third kappa shape index (κ3) is 6.26. The molecule has 1 atom stereocenters. The number of thioether (sulfide) groups is 1. The van der Waals surface area contributed by atoms with Gasteiger partial charge < -0.3 is 10.4 Å². The Hall–Kier alpha value is -0.560. The fraction of sp³-hybridized carbons (Fsp3) is 0.571. The zero-order valence-corrected chi connectivity index (χ0v) is 13.8. The average Bonchev–Trinajstić information content (AvgIpc) is 2.36. The molecule has 0 aliphatic rings. The summed E-state index contributed by atoms with van der Waals surface area (Å²) in [6.45, 7) is 4.24. The zero-order valence-electron chi connectivity index (χ0n) is 12.2. The summed E-state index contributed by atoms with van der Waals surface area (Å²) < 4.78 is 22.7. The largest absolute Gasteiger partial charge is 0.395 e. The first-order valence-corrected chi connectivity index (χ1v) is 9.50. The van der Waals surface area contributed by atoms with Crippen LogP contribution in [0.5, 0.6) is 0 Å². The van der Waals surface area contributed by atoms with Crippen molar-refractivity contribution in [3.05, 3.63) is 24.3 Å². The van der Waals surface area contributed by atoms with E-state index in [1.54, 1.807) is 23.9 Å². The summed E-state index contributed by atoms with van der Waals surface area (Å²) >= 11 is 1.66. The van der Waals surface area contributed by atoms with Gasteiger partial charge in [0.05, 0.1) is 11.5 Å². The third-order valence-electron chi connectivity index (χ3n) is 2.78. The Bertz CT molecular complexity index is 498. The normalized spacial score (nSPS) is 13.7. The Morgan fingerprint density at radius 3 is 2.30 bits per heavy atom. The number of aliphatic hydroxyl groups excluding tert-OH is 1. The van der Waals surface area contributed by atoms with Crippen LogP contribution in [-0.4, -0.2) is 44.2 Å². The van der Waals surface area contributed by atoms with Gasteiger partial charge in [-0.1, -0.05) is 13.8 Å². The molecular formula is C14H23NO3S2. The number of benzene rings is 1. The number of nitrogens with one attached hydrogen (secondary N) is 1. The molecule has 0 aliphatic carbocycles. The van der Waals surface area contributed by atoms with Gasteiger partial charge in [0.2, 0.25) is 0 Å². The van der Waals surface area contributed by atoms with Gasteiger partial charge in [-0.2, -0.15) is 0 Å². The van der Waals surface area contributed by atoms with Gasteiger partial charge in [0.15, 0.2) is 9.84 Å². The van der Waals surface area contributed by atoms with E-state index in [4.69, 9.17) is 0 Å². The van der Waals surface area contributed by atoms with E-state index >= 15 is 0 Å². The van der Waals surface area contributed by atoms with E-state index < -0.39 is 9.84 Å². The molecule has 4 nitrogen and oxygen atoms in total. The molecule has 0 aliphatic heterocycles. The van der Waals surface area contributed by atoms with Crippen molar-refractivity contribution < 1.29 is 13.5 Å². The second-order valence-electron chi connectivity index (χ2n) is 5.08. The van der Waals surface area contributed by atoms with E-state index in [1.807, 2.05) is 12.1 Å². The standard InChI is InChI=1S/C14H23NO3S2/c1-11(2)15-12(10-16)8-9-19-13-4-6-14(7-5-13)20(3,17)18/h4-7,11-12,15-16H,8-10H2,1-3H3. The smallest absolute Gasteiger partial charge is 0.175 e. The second-order valence-corrected chi connectivity index (χ2v) is 8.27. The van der Waals surface area contributed by atoms with Crippen molar-refractivity contribution in [1.29, 1.82) is 0 Å². The van der Waals surface area contributed by atoms with Crippen LogP contribution in [0.2, 0.25) is 0 Å². The van der Waals surface area contributed by atoms with Gasteiger partial charge in [0, 0.05) is 23.2 Å². The highest BCUT2D eigenvalue weighted by Crippen LogP contribution is 2.21. The van der Waals surface area contributed by atoms with Crippen LogP contribution in [0.1, 0.15) is 20.3 Å². The van der Waals surface area contributed by atoms with Crippen LogP contribution in [0.3, 0.4) is 0 Å². The molecule has 0 amide bonds. The molecule has 6 heteroatoms. The quantitative estimate of drug-likeness (QED) is 0.717. The summed E-state index contributed by atoms with van der Waals surface area (Å²) in [4.78, 5) is 1.38. The van der Waals surface area contributed by atoms with Gasteiger partial charge in [-0.25, -0.2) is 8.42 Å². The molecule has 1 aromatic carbocycles. The van der Waals surface area contributed by atoms with Crippen LogP contribution in [0.25, 0.3) is 0 Å². The Kier molecular flexibility index (Phi) is 7.02. The Labute approximate surface area is 125 Å². The zero-order chi connectivity index (χ0) is 15.2. The van der Waals surface area contributed by atoms with Crippen molar-refractivity contribution in [1.82, 2.24) is 5.32 Å². The van der Waals surface area contributed by atoms with E-state index in [0.29, 0.717) is 10.9 Å². The molecular weight excluding hydrogens is 294 g/mol. The molecule has 114 valence electrons. The van der Waals surface area contributed by atoms with Crippen molar-refractivity contribution in [2.75, 3.05) is 18.6 Å². The van der Waals surface area contributed by atoms with Crippen LogP contribution in [0, 0.1) is 0 Å². The number of hydrogen-bond donors (Lipinski definition) is 2. The van der Waals surface area contributed by atoms with Crippen LogP contribution < -0.4 is 5.32 Å². The van der Waals surface area contributed by atoms with Crippen molar-refractivity contribution in [3.63, 3.8) is 0 Å². The van der Waals surface area contributed by atoms with Crippen molar-refractivity contribution in [2.45, 2.75) is 42.1 Å².